The summed E-state index contributed by atoms with van der Waals surface area (Å²) in [5, 5.41) is 8.79. The summed E-state index contributed by atoms with van der Waals surface area (Å²) < 4.78 is 6.85. The van der Waals surface area contributed by atoms with E-state index in [1.54, 1.807) is 25.6 Å². The molecule has 0 saturated carbocycles. The van der Waals surface area contributed by atoms with Crippen LogP contribution in [-0.4, -0.2) is 27.8 Å². The fourth-order valence-electron chi connectivity index (χ4n) is 2.55. The second-order valence-corrected chi connectivity index (χ2v) is 5.83. The van der Waals surface area contributed by atoms with Crippen molar-refractivity contribution in [2.45, 2.75) is 20.0 Å². The average molecular weight is 337 g/mol. The third-order valence-corrected chi connectivity index (χ3v) is 4.16. The molecule has 0 aliphatic carbocycles. The molecule has 6 heteroatoms. The lowest BCUT2D eigenvalue weighted by molar-refractivity contribution is -0.123. The number of fused-ring (bicyclic) bond motifs is 1. The minimum Gasteiger partial charge on any atom is -0.449 e. The first-order valence-corrected chi connectivity index (χ1v) is 7.95. The molecule has 0 saturated heterocycles. The molecule has 0 radical (unpaired) electrons. The summed E-state index contributed by atoms with van der Waals surface area (Å²) in [5.74, 6) is -0.947. The molecular weight excluding hydrogens is 318 g/mol. The predicted octanol–water partition coefficient (Wildman–Crippen LogP) is 3.07. The van der Waals surface area contributed by atoms with Crippen molar-refractivity contribution in [2.75, 3.05) is 5.32 Å². The van der Waals surface area contributed by atoms with E-state index in [2.05, 4.69) is 10.4 Å². The van der Waals surface area contributed by atoms with Crippen molar-refractivity contribution in [3.05, 3.63) is 59.9 Å². The Hall–Kier alpha value is -3.15. The molecule has 1 unspecified atom stereocenters. The van der Waals surface area contributed by atoms with E-state index in [9.17, 15) is 9.59 Å². The molecular formula is C19H19N3O3. The number of aryl methyl sites for hydroxylation is 1. The fraction of sp³-hybridized carbons (Fsp3) is 0.211. The molecule has 3 aromatic rings. The zero-order valence-corrected chi connectivity index (χ0v) is 14.3. The lowest BCUT2D eigenvalue weighted by atomic mass is 10.1. The van der Waals surface area contributed by atoms with Crippen molar-refractivity contribution < 1.29 is 14.3 Å². The van der Waals surface area contributed by atoms with E-state index < -0.39 is 12.1 Å². The highest BCUT2D eigenvalue weighted by Gasteiger charge is 2.22. The highest BCUT2D eigenvalue weighted by atomic mass is 16.5. The first-order chi connectivity index (χ1) is 12.0. The SMILES string of the molecule is Cc1c(C(=O)OC(C)C(=O)Nc2cccc3ccccc23)cnn1C. The summed E-state index contributed by atoms with van der Waals surface area (Å²) in [4.78, 5) is 24.6. The van der Waals surface area contributed by atoms with Gasteiger partial charge in [0.1, 0.15) is 5.56 Å². The third kappa shape index (κ3) is 3.38. The second kappa shape index (κ2) is 6.76. The smallest absolute Gasteiger partial charge is 0.342 e. The Labute approximate surface area is 145 Å². The number of hydrogen-bond donors (Lipinski definition) is 1. The van der Waals surface area contributed by atoms with Crippen LogP contribution in [0, 0.1) is 6.92 Å². The van der Waals surface area contributed by atoms with E-state index in [4.69, 9.17) is 4.74 Å². The van der Waals surface area contributed by atoms with Gasteiger partial charge in [0.15, 0.2) is 6.10 Å². The molecule has 0 spiro atoms. The minimum atomic E-state index is -0.925. The number of nitrogens with zero attached hydrogens (tertiary/aromatic N) is 2. The van der Waals surface area contributed by atoms with Crippen molar-refractivity contribution >= 4 is 28.3 Å². The highest BCUT2D eigenvalue weighted by Crippen LogP contribution is 2.23. The first kappa shape index (κ1) is 16.7. The average Bonchev–Trinajstić information content (AvgIpc) is 2.94. The van der Waals surface area contributed by atoms with Gasteiger partial charge in [-0.3, -0.25) is 9.48 Å². The molecule has 1 aromatic heterocycles. The number of nitrogens with one attached hydrogen (secondary N) is 1. The van der Waals surface area contributed by atoms with Gasteiger partial charge in [0, 0.05) is 23.8 Å². The topological polar surface area (TPSA) is 73.2 Å². The molecule has 3 rings (SSSR count). The third-order valence-electron chi connectivity index (χ3n) is 4.16. The van der Waals surface area contributed by atoms with Gasteiger partial charge in [-0.15, -0.1) is 0 Å². The van der Waals surface area contributed by atoms with Gasteiger partial charge in [0.05, 0.1) is 6.20 Å². The normalized spacial score (nSPS) is 12.0. The number of ether oxygens (including phenoxy) is 1. The van der Waals surface area contributed by atoms with Gasteiger partial charge in [-0.25, -0.2) is 4.79 Å². The standard InChI is InChI=1S/C19H19N3O3/c1-12-16(11-20-22(12)3)19(24)25-13(2)18(23)21-17-10-6-8-14-7-4-5-9-15(14)17/h4-11,13H,1-3H3,(H,21,23). The summed E-state index contributed by atoms with van der Waals surface area (Å²) in [5.41, 5.74) is 1.72. The van der Waals surface area contributed by atoms with Crippen LogP contribution in [0.4, 0.5) is 5.69 Å². The molecule has 0 aliphatic rings. The minimum absolute atomic E-state index is 0.354. The zero-order valence-electron chi connectivity index (χ0n) is 14.3. The van der Waals surface area contributed by atoms with Crippen LogP contribution in [0.5, 0.6) is 0 Å². The van der Waals surface area contributed by atoms with Gasteiger partial charge < -0.3 is 10.1 Å². The summed E-state index contributed by atoms with van der Waals surface area (Å²) in [6.07, 6.45) is 0.513. The summed E-state index contributed by atoms with van der Waals surface area (Å²) >= 11 is 0. The van der Waals surface area contributed by atoms with Crippen molar-refractivity contribution in [3.63, 3.8) is 0 Å². The Morgan fingerprint density at radius 3 is 2.60 bits per heavy atom. The van der Waals surface area contributed by atoms with E-state index in [1.165, 1.54) is 6.20 Å². The van der Waals surface area contributed by atoms with Crippen LogP contribution in [0.2, 0.25) is 0 Å². The number of carbonyl (C=O) groups excluding carboxylic acids is 2. The van der Waals surface area contributed by atoms with Gasteiger partial charge in [-0.05, 0) is 25.3 Å². The number of hydrogen-bond acceptors (Lipinski definition) is 4. The van der Waals surface area contributed by atoms with E-state index >= 15 is 0 Å². The molecule has 128 valence electrons. The van der Waals surface area contributed by atoms with Crippen LogP contribution in [0.15, 0.2) is 48.7 Å². The van der Waals surface area contributed by atoms with Crippen LogP contribution < -0.4 is 5.32 Å². The van der Waals surface area contributed by atoms with Gasteiger partial charge in [0.25, 0.3) is 5.91 Å². The van der Waals surface area contributed by atoms with Crippen molar-refractivity contribution in [1.82, 2.24) is 9.78 Å². The van der Waals surface area contributed by atoms with Gasteiger partial charge in [-0.1, -0.05) is 36.4 Å². The van der Waals surface area contributed by atoms with E-state index in [0.29, 0.717) is 16.9 Å². The second-order valence-electron chi connectivity index (χ2n) is 5.83. The number of aromatic nitrogens is 2. The van der Waals surface area contributed by atoms with Crippen LogP contribution >= 0.6 is 0 Å². The maximum atomic E-state index is 12.4. The molecule has 6 nitrogen and oxygen atoms in total. The number of esters is 1. The number of amides is 1. The first-order valence-electron chi connectivity index (χ1n) is 7.95. The fourth-order valence-corrected chi connectivity index (χ4v) is 2.55. The number of anilines is 1. The predicted molar refractivity (Wildman–Crippen MR) is 95.4 cm³/mol. The zero-order chi connectivity index (χ0) is 18.0. The van der Waals surface area contributed by atoms with Crippen molar-refractivity contribution in [1.29, 1.82) is 0 Å². The molecule has 2 aromatic carbocycles. The Morgan fingerprint density at radius 2 is 1.88 bits per heavy atom. The van der Waals surface area contributed by atoms with Gasteiger partial charge >= 0.3 is 5.97 Å². The van der Waals surface area contributed by atoms with Gasteiger partial charge in [0.2, 0.25) is 0 Å². The summed E-state index contributed by atoms with van der Waals surface area (Å²) in [6, 6.07) is 13.4. The van der Waals surface area contributed by atoms with Crippen LogP contribution in [0.3, 0.4) is 0 Å². The number of carbonyl (C=O) groups is 2. The molecule has 25 heavy (non-hydrogen) atoms. The van der Waals surface area contributed by atoms with Crippen LogP contribution in [0.25, 0.3) is 10.8 Å². The summed E-state index contributed by atoms with van der Waals surface area (Å²) in [6.45, 7) is 3.31. The summed E-state index contributed by atoms with van der Waals surface area (Å²) in [7, 11) is 1.74. The monoisotopic (exact) mass is 337 g/mol. The largest absolute Gasteiger partial charge is 0.449 e. The molecule has 1 heterocycles. The van der Waals surface area contributed by atoms with E-state index in [-0.39, 0.29) is 5.91 Å². The highest BCUT2D eigenvalue weighted by molar-refractivity contribution is 6.04. The molecule has 0 aliphatic heterocycles. The van der Waals surface area contributed by atoms with Crippen LogP contribution in [0.1, 0.15) is 23.0 Å². The Morgan fingerprint density at radius 1 is 1.16 bits per heavy atom. The Kier molecular flexibility index (Phi) is 4.52. The molecule has 1 atom stereocenters. The maximum absolute atomic E-state index is 12.4. The molecule has 0 bridgehead atoms. The van der Waals surface area contributed by atoms with Crippen LogP contribution in [-0.2, 0) is 16.6 Å². The number of rotatable bonds is 4. The quantitative estimate of drug-likeness (QED) is 0.743. The maximum Gasteiger partial charge on any atom is 0.342 e. The Bertz CT molecular complexity index is 941. The lowest BCUT2D eigenvalue weighted by Gasteiger charge is -2.14. The van der Waals surface area contributed by atoms with E-state index in [0.717, 1.165) is 10.8 Å². The molecule has 1 N–H and O–H groups in total. The molecule has 0 fully saturated rings. The van der Waals surface area contributed by atoms with Crippen molar-refractivity contribution in [2.24, 2.45) is 7.05 Å². The number of benzene rings is 2. The van der Waals surface area contributed by atoms with Gasteiger partial charge in [-0.2, -0.15) is 5.10 Å². The lowest BCUT2D eigenvalue weighted by Crippen LogP contribution is -2.30. The molecule has 1 amide bonds. The Balaban J connectivity index is 1.72. The van der Waals surface area contributed by atoms with E-state index in [1.807, 2.05) is 42.5 Å². The van der Waals surface area contributed by atoms with Crippen molar-refractivity contribution in [3.8, 4) is 0 Å².